The lowest BCUT2D eigenvalue weighted by atomic mass is 10.2. The molecule has 1 aliphatic rings. The van der Waals surface area contributed by atoms with E-state index in [1.54, 1.807) is 6.92 Å². The van der Waals surface area contributed by atoms with E-state index in [1.165, 1.54) is 0 Å². The quantitative estimate of drug-likeness (QED) is 0.772. The Kier molecular flexibility index (Phi) is 5.40. The highest BCUT2D eigenvalue weighted by atomic mass is 19.4. The van der Waals surface area contributed by atoms with Crippen molar-refractivity contribution in [3.05, 3.63) is 0 Å². The molecule has 7 heteroatoms. The molecule has 1 saturated heterocycles. The number of halogens is 3. The maximum atomic E-state index is 11.9. The number of hydrogen-bond acceptors (Lipinski definition) is 3. The van der Waals surface area contributed by atoms with Crippen LogP contribution in [0.3, 0.4) is 0 Å². The Labute approximate surface area is 105 Å². The summed E-state index contributed by atoms with van der Waals surface area (Å²) in [4.78, 5) is 13.6. The lowest BCUT2D eigenvalue weighted by Gasteiger charge is -2.22. The van der Waals surface area contributed by atoms with E-state index in [1.807, 2.05) is 12.4 Å². The molecule has 106 valence electrons. The number of likely N-dealkylation sites (tertiary alicyclic amines) is 1. The summed E-state index contributed by atoms with van der Waals surface area (Å²) in [6, 6.07) is -0.246. The van der Waals surface area contributed by atoms with Crippen molar-refractivity contribution in [3.63, 3.8) is 0 Å². The van der Waals surface area contributed by atoms with Crippen molar-refractivity contribution in [2.75, 3.05) is 26.7 Å². The summed E-state index contributed by atoms with van der Waals surface area (Å²) in [7, 11) is 2.01. The first-order valence-electron chi connectivity index (χ1n) is 6.07. The van der Waals surface area contributed by atoms with Gasteiger partial charge in [-0.3, -0.25) is 4.79 Å². The average molecular weight is 267 g/mol. The van der Waals surface area contributed by atoms with Crippen LogP contribution in [0.5, 0.6) is 0 Å². The third-order valence-electron chi connectivity index (χ3n) is 3.19. The van der Waals surface area contributed by atoms with Gasteiger partial charge in [0.2, 0.25) is 5.91 Å². The van der Waals surface area contributed by atoms with Crippen molar-refractivity contribution in [1.29, 1.82) is 0 Å². The fourth-order valence-electron chi connectivity index (χ4n) is 1.98. The number of nitrogens with zero attached hydrogens (tertiary/aromatic N) is 1. The first-order valence-corrected chi connectivity index (χ1v) is 6.07. The van der Waals surface area contributed by atoms with Crippen LogP contribution >= 0.6 is 0 Å². The van der Waals surface area contributed by atoms with E-state index < -0.39 is 24.7 Å². The Hall–Kier alpha value is -0.820. The molecule has 2 unspecified atom stereocenters. The van der Waals surface area contributed by atoms with Crippen molar-refractivity contribution in [2.45, 2.75) is 38.0 Å². The molecule has 0 spiro atoms. The smallest absolute Gasteiger partial charge is 0.346 e. The Morgan fingerprint density at radius 3 is 2.67 bits per heavy atom. The van der Waals surface area contributed by atoms with Crippen LogP contribution in [-0.2, 0) is 4.79 Å². The van der Waals surface area contributed by atoms with Gasteiger partial charge >= 0.3 is 6.18 Å². The van der Waals surface area contributed by atoms with E-state index in [4.69, 9.17) is 0 Å². The molecule has 1 rings (SSSR count). The minimum absolute atomic E-state index is 0.364. The minimum atomic E-state index is -4.36. The molecule has 0 radical (unpaired) electrons. The van der Waals surface area contributed by atoms with Crippen LogP contribution in [0.2, 0.25) is 0 Å². The molecule has 0 aromatic heterocycles. The van der Waals surface area contributed by atoms with Crippen molar-refractivity contribution >= 4 is 5.91 Å². The Bertz CT molecular complexity index is 283. The van der Waals surface area contributed by atoms with Gasteiger partial charge in [-0.2, -0.15) is 13.2 Å². The number of alkyl halides is 3. The first-order chi connectivity index (χ1) is 8.29. The molecule has 1 aliphatic heterocycles. The van der Waals surface area contributed by atoms with Crippen LogP contribution in [0.1, 0.15) is 19.8 Å². The number of carbonyl (C=O) groups excluding carboxylic acids is 1. The number of rotatable bonds is 5. The van der Waals surface area contributed by atoms with Gasteiger partial charge in [-0.25, -0.2) is 0 Å². The van der Waals surface area contributed by atoms with Gasteiger partial charge in [0.05, 0.1) is 6.04 Å². The summed E-state index contributed by atoms with van der Waals surface area (Å²) in [5.74, 6) is -0.618. The highest BCUT2D eigenvalue weighted by molar-refractivity contribution is 5.81. The van der Waals surface area contributed by atoms with Crippen LogP contribution in [0.4, 0.5) is 13.2 Å². The molecule has 1 heterocycles. The van der Waals surface area contributed by atoms with Crippen molar-refractivity contribution in [3.8, 4) is 0 Å². The predicted octanol–water partition coefficient (Wildman–Crippen LogP) is 0.737. The van der Waals surface area contributed by atoms with E-state index in [-0.39, 0.29) is 0 Å². The molecular formula is C11H20F3N3O. The van der Waals surface area contributed by atoms with Crippen LogP contribution in [0.25, 0.3) is 0 Å². The van der Waals surface area contributed by atoms with Gasteiger partial charge < -0.3 is 15.5 Å². The first kappa shape index (κ1) is 15.2. The van der Waals surface area contributed by atoms with Crippen molar-refractivity contribution in [1.82, 2.24) is 15.5 Å². The Balaban J connectivity index is 2.23. The lowest BCUT2D eigenvalue weighted by molar-refractivity contribution is -0.139. The number of nitrogens with one attached hydrogen (secondary N) is 2. The second kappa shape index (κ2) is 6.38. The van der Waals surface area contributed by atoms with E-state index in [2.05, 4.69) is 10.2 Å². The second-order valence-corrected chi connectivity index (χ2v) is 4.74. The van der Waals surface area contributed by atoms with Gasteiger partial charge in [0.1, 0.15) is 6.54 Å². The van der Waals surface area contributed by atoms with E-state index in [0.29, 0.717) is 12.6 Å². The average Bonchev–Trinajstić information content (AvgIpc) is 2.67. The zero-order valence-electron chi connectivity index (χ0n) is 10.7. The molecule has 18 heavy (non-hydrogen) atoms. The summed E-state index contributed by atoms with van der Waals surface area (Å²) >= 11 is 0. The molecule has 0 bridgehead atoms. The van der Waals surface area contributed by atoms with Gasteiger partial charge in [-0.1, -0.05) is 0 Å². The zero-order valence-corrected chi connectivity index (χ0v) is 10.7. The van der Waals surface area contributed by atoms with Gasteiger partial charge in [0, 0.05) is 12.6 Å². The van der Waals surface area contributed by atoms with Crippen molar-refractivity contribution < 1.29 is 18.0 Å². The standard InChI is InChI=1S/C11H20F3N3O/c1-8(10(18)16-7-11(12,13)14)15-6-9-4-3-5-17(9)2/h8-9,15H,3-7H2,1-2H3,(H,16,18). The molecule has 2 N–H and O–H groups in total. The van der Waals surface area contributed by atoms with Gasteiger partial charge in [-0.15, -0.1) is 0 Å². The molecule has 1 fully saturated rings. The molecule has 0 aromatic rings. The van der Waals surface area contributed by atoms with Crippen LogP contribution in [0.15, 0.2) is 0 Å². The van der Waals surface area contributed by atoms with Gasteiger partial charge in [-0.05, 0) is 33.4 Å². The summed E-state index contributed by atoms with van der Waals surface area (Å²) < 4.78 is 35.8. The summed E-state index contributed by atoms with van der Waals surface area (Å²) in [6.07, 6.45) is -2.18. The maximum Gasteiger partial charge on any atom is 0.405 e. The fourth-order valence-corrected chi connectivity index (χ4v) is 1.98. The highest BCUT2D eigenvalue weighted by Gasteiger charge is 2.29. The number of likely N-dealkylation sites (N-methyl/N-ethyl adjacent to an activating group) is 1. The minimum Gasteiger partial charge on any atom is -0.346 e. The summed E-state index contributed by atoms with van der Waals surface area (Å²) in [6.45, 7) is 1.94. The topological polar surface area (TPSA) is 44.4 Å². The Morgan fingerprint density at radius 2 is 2.17 bits per heavy atom. The third-order valence-corrected chi connectivity index (χ3v) is 3.19. The second-order valence-electron chi connectivity index (χ2n) is 4.74. The lowest BCUT2D eigenvalue weighted by Crippen LogP contribution is -2.48. The largest absolute Gasteiger partial charge is 0.405 e. The Morgan fingerprint density at radius 1 is 1.50 bits per heavy atom. The number of amides is 1. The molecular weight excluding hydrogens is 247 g/mol. The number of carbonyl (C=O) groups is 1. The normalized spacial score (nSPS) is 23.1. The van der Waals surface area contributed by atoms with Crippen LogP contribution in [0, 0.1) is 0 Å². The summed E-state index contributed by atoms with van der Waals surface area (Å²) in [5.41, 5.74) is 0. The molecule has 4 nitrogen and oxygen atoms in total. The van der Waals surface area contributed by atoms with Crippen LogP contribution < -0.4 is 10.6 Å². The molecule has 2 atom stereocenters. The summed E-state index contributed by atoms with van der Waals surface area (Å²) in [5, 5.41) is 4.84. The molecule has 0 aromatic carbocycles. The van der Waals surface area contributed by atoms with Crippen LogP contribution in [-0.4, -0.2) is 55.7 Å². The van der Waals surface area contributed by atoms with Gasteiger partial charge in [0.15, 0.2) is 0 Å². The maximum absolute atomic E-state index is 11.9. The molecule has 1 amide bonds. The molecule has 0 saturated carbocycles. The SMILES string of the molecule is CC(NCC1CCCN1C)C(=O)NCC(F)(F)F. The van der Waals surface area contributed by atoms with Gasteiger partial charge in [0.25, 0.3) is 0 Å². The van der Waals surface area contributed by atoms with Crippen molar-refractivity contribution in [2.24, 2.45) is 0 Å². The zero-order chi connectivity index (χ0) is 13.8. The highest BCUT2D eigenvalue weighted by Crippen LogP contribution is 2.14. The van der Waals surface area contributed by atoms with E-state index in [9.17, 15) is 18.0 Å². The monoisotopic (exact) mass is 267 g/mol. The predicted molar refractivity (Wildman–Crippen MR) is 62.2 cm³/mol. The third kappa shape index (κ3) is 5.22. The molecule has 0 aliphatic carbocycles. The fraction of sp³-hybridized carbons (Fsp3) is 0.909. The van der Waals surface area contributed by atoms with E-state index >= 15 is 0 Å². The van der Waals surface area contributed by atoms with E-state index in [0.717, 1.165) is 19.4 Å². The number of hydrogen-bond donors (Lipinski definition) is 2.